The lowest BCUT2D eigenvalue weighted by molar-refractivity contribution is 0.210. The van der Waals surface area contributed by atoms with E-state index in [4.69, 9.17) is 10.2 Å². The van der Waals surface area contributed by atoms with Gasteiger partial charge in [0.2, 0.25) is 0 Å². The van der Waals surface area contributed by atoms with Gasteiger partial charge in [-0.1, -0.05) is 15.9 Å². The molecule has 0 radical (unpaired) electrons. The summed E-state index contributed by atoms with van der Waals surface area (Å²) in [7, 11) is 0. The maximum atomic E-state index is 8.84. The second-order valence-corrected chi connectivity index (χ2v) is 3.96. The van der Waals surface area contributed by atoms with Crippen molar-refractivity contribution in [2.24, 2.45) is 11.8 Å². The molecule has 2 nitrogen and oxygen atoms in total. The van der Waals surface area contributed by atoms with Crippen LogP contribution in [-0.4, -0.2) is 28.3 Å². The minimum Gasteiger partial charge on any atom is -0.396 e. The van der Waals surface area contributed by atoms with E-state index in [-0.39, 0.29) is 13.2 Å². The fourth-order valence-corrected chi connectivity index (χ4v) is 2.38. The highest BCUT2D eigenvalue weighted by Gasteiger charge is 2.32. The minimum atomic E-state index is 0.242. The molecule has 1 saturated carbocycles. The molecule has 3 atom stereocenters. The molecule has 2 N–H and O–H groups in total. The molecule has 10 heavy (non-hydrogen) atoms. The number of hydrogen-bond acceptors (Lipinski definition) is 2. The first kappa shape index (κ1) is 8.50. The van der Waals surface area contributed by atoms with E-state index < -0.39 is 0 Å². The Balaban J connectivity index is 2.41. The Labute approximate surface area is 69.4 Å². The van der Waals surface area contributed by atoms with Crippen molar-refractivity contribution in [3.8, 4) is 0 Å². The third-order valence-corrected chi connectivity index (χ3v) is 3.77. The molecule has 1 aliphatic carbocycles. The molecular weight excluding hydrogens is 196 g/mol. The van der Waals surface area contributed by atoms with E-state index in [1.807, 2.05) is 0 Å². The molecule has 1 fully saturated rings. The quantitative estimate of drug-likeness (QED) is 0.659. The van der Waals surface area contributed by atoms with Crippen LogP contribution in [0.5, 0.6) is 0 Å². The van der Waals surface area contributed by atoms with E-state index >= 15 is 0 Å². The summed E-state index contributed by atoms with van der Waals surface area (Å²) in [4.78, 5) is 0.322. The number of aliphatic hydroxyl groups is 2. The van der Waals surface area contributed by atoms with E-state index in [2.05, 4.69) is 15.9 Å². The predicted molar refractivity (Wildman–Crippen MR) is 43.1 cm³/mol. The summed E-state index contributed by atoms with van der Waals surface area (Å²) in [6.45, 7) is 0.485. The number of aliphatic hydroxyl groups excluding tert-OH is 2. The highest BCUT2D eigenvalue weighted by molar-refractivity contribution is 9.09. The second-order valence-electron chi connectivity index (χ2n) is 2.91. The second kappa shape index (κ2) is 3.69. The van der Waals surface area contributed by atoms with Crippen molar-refractivity contribution < 1.29 is 10.2 Å². The van der Waals surface area contributed by atoms with Crippen LogP contribution in [0.1, 0.15) is 12.8 Å². The zero-order valence-corrected chi connectivity index (χ0v) is 7.42. The SMILES string of the molecule is OC[C@@H]1CC[C@H](CO)C1Br. The number of halogens is 1. The average Bonchev–Trinajstić information content (AvgIpc) is 2.30. The zero-order valence-electron chi connectivity index (χ0n) is 5.83. The van der Waals surface area contributed by atoms with Gasteiger partial charge in [-0.15, -0.1) is 0 Å². The van der Waals surface area contributed by atoms with Crippen LogP contribution in [0.3, 0.4) is 0 Å². The van der Waals surface area contributed by atoms with Crippen molar-refractivity contribution in [3.05, 3.63) is 0 Å². The summed E-state index contributed by atoms with van der Waals surface area (Å²) >= 11 is 3.47. The van der Waals surface area contributed by atoms with Crippen LogP contribution in [-0.2, 0) is 0 Å². The van der Waals surface area contributed by atoms with Gasteiger partial charge in [-0.05, 0) is 24.7 Å². The standard InChI is InChI=1S/C7H13BrO2/c8-7-5(3-9)1-2-6(7)4-10/h5-7,9-10H,1-4H2/t5-,6+,7?. The summed E-state index contributed by atoms with van der Waals surface area (Å²) < 4.78 is 0. The summed E-state index contributed by atoms with van der Waals surface area (Å²) in [5, 5.41) is 17.7. The number of alkyl halides is 1. The van der Waals surface area contributed by atoms with Crippen LogP contribution in [0.2, 0.25) is 0 Å². The molecule has 1 unspecified atom stereocenters. The van der Waals surface area contributed by atoms with Gasteiger partial charge >= 0.3 is 0 Å². The summed E-state index contributed by atoms with van der Waals surface area (Å²) in [6, 6.07) is 0. The molecule has 0 spiro atoms. The zero-order chi connectivity index (χ0) is 7.56. The Morgan fingerprint density at radius 3 is 1.70 bits per heavy atom. The van der Waals surface area contributed by atoms with Crippen molar-refractivity contribution in [2.45, 2.75) is 17.7 Å². The molecule has 3 heteroatoms. The highest BCUT2D eigenvalue weighted by Crippen LogP contribution is 2.35. The van der Waals surface area contributed by atoms with E-state index in [1.165, 1.54) is 0 Å². The third kappa shape index (κ3) is 1.52. The molecule has 60 valence electrons. The predicted octanol–water partition coefficient (Wildman–Crippen LogP) is 0.761. The Bertz CT molecular complexity index is 95.8. The van der Waals surface area contributed by atoms with Gasteiger partial charge in [-0.3, -0.25) is 0 Å². The summed E-state index contributed by atoms with van der Waals surface area (Å²) in [5.74, 6) is 0.717. The van der Waals surface area contributed by atoms with Crippen molar-refractivity contribution in [2.75, 3.05) is 13.2 Å². The average molecular weight is 209 g/mol. The summed E-state index contributed by atoms with van der Waals surface area (Å²) in [5.41, 5.74) is 0. The Kier molecular flexibility index (Phi) is 3.14. The van der Waals surface area contributed by atoms with E-state index in [1.54, 1.807) is 0 Å². The molecule has 0 amide bonds. The van der Waals surface area contributed by atoms with Crippen molar-refractivity contribution in [3.63, 3.8) is 0 Å². The first-order valence-corrected chi connectivity index (χ1v) is 4.57. The third-order valence-electron chi connectivity index (χ3n) is 2.28. The fourth-order valence-electron chi connectivity index (χ4n) is 1.52. The highest BCUT2D eigenvalue weighted by atomic mass is 79.9. The molecule has 0 aromatic carbocycles. The lowest BCUT2D eigenvalue weighted by Gasteiger charge is -2.14. The van der Waals surface area contributed by atoms with Gasteiger partial charge in [0.1, 0.15) is 0 Å². The first-order chi connectivity index (χ1) is 4.79. The van der Waals surface area contributed by atoms with Gasteiger partial charge in [0.05, 0.1) is 0 Å². The van der Waals surface area contributed by atoms with Gasteiger partial charge in [-0.2, -0.15) is 0 Å². The molecule has 0 aromatic heterocycles. The Hall–Kier alpha value is 0.400. The largest absolute Gasteiger partial charge is 0.396 e. The van der Waals surface area contributed by atoms with Gasteiger partial charge in [-0.25, -0.2) is 0 Å². The number of rotatable bonds is 2. The van der Waals surface area contributed by atoms with Gasteiger partial charge < -0.3 is 10.2 Å². The van der Waals surface area contributed by atoms with Crippen molar-refractivity contribution in [1.82, 2.24) is 0 Å². The topological polar surface area (TPSA) is 40.5 Å². The molecule has 0 aromatic rings. The van der Waals surface area contributed by atoms with Crippen molar-refractivity contribution >= 4 is 15.9 Å². The normalized spacial score (nSPS) is 40.5. The monoisotopic (exact) mass is 208 g/mol. The van der Waals surface area contributed by atoms with Gasteiger partial charge in [0, 0.05) is 18.0 Å². The lowest BCUT2D eigenvalue weighted by Crippen LogP contribution is -2.19. The Morgan fingerprint density at radius 2 is 1.50 bits per heavy atom. The molecule has 0 heterocycles. The van der Waals surface area contributed by atoms with E-state index in [0.717, 1.165) is 12.8 Å². The maximum Gasteiger partial charge on any atom is 0.0470 e. The maximum absolute atomic E-state index is 8.84. The van der Waals surface area contributed by atoms with Crippen LogP contribution in [0.15, 0.2) is 0 Å². The molecule has 0 saturated heterocycles. The van der Waals surface area contributed by atoms with Gasteiger partial charge in [0.25, 0.3) is 0 Å². The van der Waals surface area contributed by atoms with E-state index in [0.29, 0.717) is 16.7 Å². The molecule has 1 aliphatic rings. The van der Waals surface area contributed by atoms with Crippen LogP contribution < -0.4 is 0 Å². The van der Waals surface area contributed by atoms with Crippen LogP contribution in [0.4, 0.5) is 0 Å². The fraction of sp³-hybridized carbons (Fsp3) is 1.00. The molecule has 0 aliphatic heterocycles. The van der Waals surface area contributed by atoms with Gasteiger partial charge in [0.15, 0.2) is 0 Å². The van der Waals surface area contributed by atoms with Crippen molar-refractivity contribution in [1.29, 1.82) is 0 Å². The summed E-state index contributed by atoms with van der Waals surface area (Å²) in [6.07, 6.45) is 2.08. The minimum absolute atomic E-state index is 0.242. The molecule has 0 bridgehead atoms. The van der Waals surface area contributed by atoms with Crippen LogP contribution in [0, 0.1) is 11.8 Å². The van der Waals surface area contributed by atoms with E-state index in [9.17, 15) is 0 Å². The number of hydrogen-bond donors (Lipinski definition) is 2. The lowest BCUT2D eigenvalue weighted by atomic mass is 10.1. The molecule has 1 rings (SSSR count). The van der Waals surface area contributed by atoms with Crippen LogP contribution in [0.25, 0.3) is 0 Å². The smallest absolute Gasteiger partial charge is 0.0470 e. The molecular formula is C7H13BrO2. The van der Waals surface area contributed by atoms with Crippen LogP contribution >= 0.6 is 15.9 Å². The first-order valence-electron chi connectivity index (χ1n) is 3.65. The Morgan fingerprint density at radius 1 is 1.10 bits per heavy atom.